The summed E-state index contributed by atoms with van der Waals surface area (Å²) >= 11 is 1.62. The highest BCUT2D eigenvalue weighted by Crippen LogP contribution is 2.32. The monoisotopic (exact) mass is 558 g/mol. The minimum absolute atomic E-state index is 0.0716. The third kappa shape index (κ3) is 5.77. The highest BCUT2D eigenvalue weighted by molar-refractivity contribution is 7.18. The van der Waals surface area contributed by atoms with E-state index in [1.165, 1.54) is 4.88 Å². The van der Waals surface area contributed by atoms with E-state index in [0.717, 1.165) is 86.1 Å². The molecule has 208 valence electrons. The first kappa shape index (κ1) is 26.5. The van der Waals surface area contributed by atoms with Crippen molar-refractivity contribution in [3.05, 3.63) is 81.1 Å². The average Bonchev–Trinajstić information content (AvgIpc) is 3.36. The second-order valence-corrected chi connectivity index (χ2v) is 11.5. The molecule has 1 amide bonds. The minimum atomic E-state index is -0.109. The van der Waals surface area contributed by atoms with E-state index >= 15 is 0 Å². The van der Waals surface area contributed by atoms with Gasteiger partial charge >= 0.3 is 0 Å². The molecule has 11 heteroatoms. The Kier molecular flexibility index (Phi) is 7.85. The Morgan fingerprint density at radius 1 is 1.02 bits per heavy atom. The molecule has 0 unspecified atom stereocenters. The minimum Gasteiger partial charge on any atom is -0.354 e. The van der Waals surface area contributed by atoms with E-state index in [4.69, 9.17) is 0 Å². The number of aromatic nitrogens is 4. The number of rotatable bonds is 8. The molecule has 0 aliphatic carbocycles. The van der Waals surface area contributed by atoms with Crippen LogP contribution in [0, 0.1) is 6.92 Å². The molecule has 0 saturated carbocycles. The van der Waals surface area contributed by atoms with Gasteiger partial charge in [-0.3, -0.25) is 28.9 Å². The van der Waals surface area contributed by atoms with Gasteiger partial charge in [-0.05, 0) is 43.2 Å². The lowest BCUT2D eigenvalue weighted by Crippen LogP contribution is -2.47. The number of piperazine rings is 1. The molecule has 10 nitrogen and oxygen atoms in total. The van der Waals surface area contributed by atoms with Crippen LogP contribution in [0.1, 0.15) is 26.5 Å². The highest BCUT2D eigenvalue weighted by atomic mass is 32.1. The van der Waals surface area contributed by atoms with Crippen molar-refractivity contribution in [3.63, 3.8) is 0 Å². The van der Waals surface area contributed by atoms with Crippen molar-refractivity contribution in [1.29, 1.82) is 0 Å². The molecule has 1 fully saturated rings. The molecule has 4 aromatic heterocycles. The number of thiophene rings is 1. The number of nitrogens with one attached hydrogen (secondary N) is 1. The van der Waals surface area contributed by atoms with E-state index in [2.05, 4.69) is 47.1 Å². The average molecular weight is 559 g/mol. The zero-order valence-corrected chi connectivity index (χ0v) is 23.6. The van der Waals surface area contributed by atoms with Crippen LogP contribution in [-0.4, -0.2) is 87.6 Å². The number of amides is 1. The fourth-order valence-electron chi connectivity index (χ4n) is 5.50. The molecule has 0 bridgehead atoms. The van der Waals surface area contributed by atoms with Gasteiger partial charge in [0.15, 0.2) is 0 Å². The lowest BCUT2D eigenvalue weighted by atomic mass is 10.1. The Labute approximate surface area is 237 Å². The van der Waals surface area contributed by atoms with Crippen molar-refractivity contribution >= 4 is 33.3 Å². The molecule has 2 aliphatic rings. The van der Waals surface area contributed by atoms with Gasteiger partial charge < -0.3 is 10.2 Å². The molecule has 6 heterocycles. The Hall–Kier alpha value is -3.67. The fourth-order valence-corrected chi connectivity index (χ4v) is 6.72. The molecular weight excluding hydrogens is 524 g/mol. The van der Waals surface area contributed by atoms with Crippen molar-refractivity contribution in [1.82, 2.24) is 34.6 Å². The number of aryl methyl sites for hydroxylation is 1. The van der Waals surface area contributed by atoms with Crippen LogP contribution in [0.5, 0.6) is 0 Å². The summed E-state index contributed by atoms with van der Waals surface area (Å²) < 4.78 is 1.78. The van der Waals surface area contributed by atoms with Gasteiger partial charge in [0.05, 0.1) is 17.3 Å². The summed E-state index contributed by atoms with van der Waals surface area (Å²) in [4.78, 5) is 48.2. The number of anilines is 1. The van der Waals surface area contributed by atoms with Gasteiger partial charge in [0.1, 0.15) is 10.6 Å². The third-order valence-electron chi connectivity index (χ3n) is 7.77. The maximum atomic E-state index is 13.5. The van der Waals surface area contributed by atoms with Gasteiger partial charge in [-0.25, -0.2) is 9.97 Å². The van der Waals surface area contributed by atoms with Gasteiger partial charge in [0, 0.05) is 88.4 Å². The van der Waals surface area contributed by atoms with Crippen LogP contribution in [0.2, 0.25) is 0 Å². The molecule has 6 rings (SSSR count). The van der Waals surface area contributed by atoms with Crippen LogP contribution in [0.3, 0.4) is 0 Å². The van der Waals surface area contributed by atoms with Crippen LogP contribution in [0.4, 0.5) is 5.82 Å². The normalized spacial score (nSPS) is 16.3. The summed E-state index contributed by atoms with van der Waals surface area (Å²) in [5.41, 5.74) is 2.83. The summed E-state index contributed by atoms with van der Waals surface area (Å²) in [5.74, 6) is 0.934. The van der Waals surface area contributed by atoms with Crippen molar-refractivity contribution in [3.8, 4) is 0 Å². The molecule has 2 aliphatic heterocycles. The molecule has 0 radical (unpaired) electrons. The van der Waals surface area contributed by atoms with Gasteiger partial charge in [0.25, 0.3) is 11.5 Å². The van der Waals surface area contributed by atoms with Gasteiger partial charge in [0.2, 0.25) is 0 Å². The zero-order chi connectivity index (χ0) is 27.5. The first-order chi connectivity index (χ1) is 19.5. The number of hydrogen-bond donors (Lipinski definition) is 1. The number of carbonyl (C=O) groups is 1. The van der Waals surface area contributed by atoms with E-state index in [0.29, 0.717) is 18.7 Å². The Balaban J connectivity index is 1.04. The predicted octanol–water partition coefficient (Wildman–Crippen LogP) is 2.17. The number of carbonyl (C=O) groups excluding carboxylic acids is 1. The summed E-state index contributed by atoms with van der Waals surface area (Å²) in [6.45, 7) is 10.2. The number of pyridine rings is 2. The van der Waals surface area contributed by atoms with Crippen LogP contribution in [0.15, 0.2) is 53.8 Å². The molecule has 0 aromatic carbocycles. The fraction of sp³-hybridized carbons (Fsp3) is 0.414. The van der Waals surface area contributed by atoms with Crippen LogP contribution >= 0.6 is 11.3 Å². The van der Waals surface area contributed by atoms with E-state index in [-0.39, 0.29) is 11.5 Å². The Morgan fingerprint density at radius 2 is 1.90 bits per heavy atom. The third-order valence-corrected chi connectivity index (χ3v) is 8.90. The van der Waals surface area contributed by atoms with E-state index in [9.17, 15) is 9.59 Å². The van der Waals surface area contributed by atoms with Crippen LogP contribution in [0.25, 0.3) is 10.2 Å². The first-order valence-corrected chi connectivity index (χ1v) is 14.7. The smallest absolute Gasteiger partial charge is 0.262 e. The lowest BCUT2D eigenvalue weighted by molar-refractivity contribution is 0.0947. The SMILES string of the molecule is Cc1cccc(N2CCN(CCn3cnc4sc5c(c4c3=O)CCN(CCNC(=O)c3cccnc3)C5)CC2)n1. The van der Waals surface area contributed by atoms with E-state index in [1.807, 2.05) is 13.0 Å². The maximum absolute atomic E-state index is 13.5. The van der Waals surface area contributed by atoms with Crippen molar-refractivity contribution in [2.45, 2.75) is 26.4 Å². The molecule has 0 atom stereocenters. The summed E-state index contributed by atoms with van der Waals surface area (Å²) in [6, 6.07) is 9.68. The van der Waals surface area contributed by atoms with Crippen molar-refractivity contribution in [2.75, 3.05) is 57.3 Å². The maximum Gasteiger partial charge on any atom is 0.262 e. The number of fused-ring (bicyclic) bond motifs is 3. The van der Waals surface area contributed by atoms with Crippen molar-refractivity contribution in [2.24, 2.45) is 0 Å². The lowest BCUT2D eigenvalue weighted by Gasteiger charge is -2.35. The molecule has 1 saturated heterocycles. The largest absolute Gasteiger partial charge is 0.354 e. The number of hydrogen-bond acceptors (Lipinski definition) is 9. The summed E-state index contributed by atoms with van der Waals surface area (Å²) in [6.07, 6.45) is 5.76. The van der Waals surface area contributed by atoms with Gasteiger partial charge in [-0.2, -0.15) is 0 Å². The molecule has 4 aromatic rings. The molecule has 1 N–H and O–H groups in total. The zero-order valence-electron chi connectivity index (χ0n) is 22.8. The quantitative estimate of drug-likeness (QED) is 0.351. The molecule has 40 heavy (non-hydrogen) atoms. The highest BCUT2D eigenvalue weighted by Gasteiger charge is 2.24. The van der Waals surface area contributed by atoms with E-state index < -0.39 is 0 Å². The predicted molar refractivity (Wildman–Crippen MR) is 157 cm³/mol. The Bertz CT molecular complexity index is 1540. The standard InChI is InChI=1S/C29H34N8O2S/c1-21-4-2-6-25(33-21)36-15-12-34(13-16-36)14-17-37-20-32-28-26(29(37)39)23-7-10-35(19-24(23)40-28)11-9-31-27(38)22-5-3-8-30-18-22/h2-6,8,18,20H,7,9-17,19H2,1H3,(H,31,38). The van der Waals surface area contributed by atoms with Crippen LogP contribution in [-0.2, 0) is 19.5 Å². The molecular formula is C29H34N8O2S. The topological polar surface area (TPSA) is 99.5 Å². The van der Waals surface area contributed by atoms with Crippen LogP contribution < -0.4 is 15.8 Å². The van der Waals surface area contributed by atoms with E-state index in [1.54, 1.807) is 46.8 Å². The number of nitrogens with zero attached hydrogens (tertiary/aromatic N) is 7. The Morgan fingerprint density at radius 3 is 2.70 bits per heavy atom. The second kappa shape index (κ2) is 11.8. The molecule has 0 spiro atoms. The van der Waals surface area contributed by atoms with Gasteiger partial charge in [-0.1, -0.05) is 6.07 Å². The summed E-state index contributed by atoms with van der Waals surface area (Å²) in [7, 11) is 0. The first-order valence-electron chi connectivity index (χ1n) is 13.9. The van der Waals surface area contributed by atoms with Gasteiger partial charge in [-0.15, -0.1) is 11.3 Å². The second-order valence-electron chi connectivity index (χ2n) is 10.4. The van der Waals surface area contributed by atoms with Crippen molar-refractivity contribution < 1.29 is 4.79 Å². The summed E-state index contributed by atoms with van der Waals surface area (Å²) in [5, 5.41) is 3.77.